The normalized spacial score (nSPS) is 15.2. The molecule has 0 unspecified atom stereocenters. The van der Waals surface area contributed by atoms with Crippen molar-refractivity contribution < 1.29 is 33.4 Å². The number of carbonyl (C=O) groups excluding carboxylic acids is 4. The molecule has 3 amide bonds. The Morgan fingerprint density at radius 2 is 1.92 bits per heavy atom. The lowest BCUT2D eigenvalue weighted by Crippen LogP contribution is -2.45. The molecule has 1 N–H and O–H groups in total. The van der Waals surface area contributed by atoms with Crippen LogP contribution in [0.5, 0.6) is 0 Å². The van der Waals surface area contributed by atoms with Crippen LogP contribution in [-0.2, 0) is 37.0 Å². The summed E-state index contributed by atoms with van der Waals surface area (Å²) in [6, 6.07) is 9.75. The zero-order chi connectivity index (χ0) is 26.5. The molecule has 194 valence electrons. The predicted molar refractivity (Wildman–Crippen MR) is 136 cm³/mol. The zero-order valence-electron chi connectivity index (χ0n) is 20.7. The molecule has 0 saturated carbocycles. The van der Waals surface area contributed by atoms with Gasteiger partial charge in [0.2, 0.25) is 11.8 Å². The molecule has 1 aliphatic heterocycles. The molecule has 0 spiro atoms. The van der Waals surface area contributed by atoms with Crippen LogP contribution in [-0.4, -0.2) is 53.5 Å². The number of pyridine rings is 1. The fourth-order valence-electron chi connectivity index (χ4n) is 4.20. The number of ether oxygens (including phenoxy) is 3. The summed E-state index contributed by atoms with van der Waals surface area (Å²) in [4.78, 5) is 57.6. The number of anilines is 1. The number of nitrogens with zero attached hydrogens (tertiary/aromatic N) is 2. The maximum absolute atomic E-state index is 13.4. The van der Waals surface area contributed by atoms with Gasteiger partial charge in [-0.2, -0.15) is 0 Å². The number of methoxy groups -OCH3 is 1. The van der Waals surface area contributed by atoms with Gasteiger partial charge in [-0.1, -0.05) is 30.3 Å². The van der Waals surface area contributed by atoms with Gasteiger partial charge in [-0.15, -0.1) is 11.3 Å². The number of amides is 3. The largest absolute Gasteiger partial charge is 0.462 e. The molecular weight excluding hydrogens is 498 g/mol. The summed E-state index contributed by atoms with van der Waals surface area (Å²) in [5, 5.41) is 3.34. The average Bonchev–Trinajstić information content (AvgIpc) is 3.44. The molecule has 1 aliphatic rings. The summed E-state index contributed by atoms with van der Waals surface area (Å²) < 4.78 is 15.9. The topological polar surface area (TPSA) is 124 Å². The number of nitrogens with one attached hydrogen (secondary N) is 1. The van der Waals surface area contributed by atoms with Gasteiger partial charge in [0, 0.05) is 24.6 Å². The van der Waals surface area contributed by atoms with Crippen molar-refractivity contribution in [2.24, 2.45) is 0 Å². The van der Waals surface area contributed by atoms with Crippen LogP contribution >= 0.6 is 11.3 Å². The molecule has 10 nitrogen and oxygen atoms in total. The van der Waals surface area contributed by atoms with Crippen molar-refractivity contribution in [3.05, 3.63) is 58.1 Å². The molecule has 0 aliphatic carbocycles. The van der Waals surface area contributed by atoms with Crippen molar-refractivity contribution in [1.29, 1.82) is 0 Å². The van der Waals surface area contributed by atoms with Crippen LogP contribution in [0.2, 0.25) is 0 Å². The first-order valence-corrected chi connectivity index (χ1v) is 12.6. The number of aromatic nitrogens is 1. The summed E-state index contributed by atoms with van der Waals surface area (Å²) >= 11 is 1.10. The minimum atomic E-state index is -1.09. The van der Waals surface area contributed by atoms with E-state index in [0.29, 0.717) is 10.2 Å². The molecule has 0 bridgehead atoms. The van der Waals surface area contributed by atoms with Crippen molar-refractivity contribution in [2.45, 2.75) is 45.9 Å². The Morgan fingerprint density at radius 3 is 2.62 bits per heavy atom. The molecule has 3 heterocycles. The fourth-order valence-corrected chi connectivity index (χ4v) is 5.31. The van der Waals surface area contributed by atoms with Gasteiger partial charge in [-0.05, 0) is 37.5 Å². The van der Waals surface area contributed by atoms with Gasteiger partial charge in [-0.3, -0.25) is 9.59 Å². The van der Waals surface area contributed by atoms with E-state index in [9.17, 15) is 19.2 Å². The van der Waals surface area contributed by atoms with E-state index in [1.54, 1.807) is 38.3 Å². The van der Waals surface area contributed by atoms with Gasteiger partial charge in [-0.25, -0.2) is 19.5 Å². The molecule has 4 rings (SSSR count). The Balaban J connectivity index is 1.63. The van der Waals surface area contributed by atoms with Gasteiger partial charge in [0.05, 0.1) is 18.9 Å². The van der Waals surface area contributed by atoms with Crippen molar-refractivity contribution >= 4 is 51.1 Å². The first-order chi connectivity index (χ1) is 17.8. The van der Waals surface area contributed by atoms with E-state index in [4.69, 9.17) is 14.2 Å². The Bertz CT molecular complexity index is 1340. The van der Waals surface area contributed by atoms with Gasteiger partial charge in [0.15, 0.2) is 0 Å². The zero-order valence-corrected chi connectivity index (χ0v) is 21.6. The maximum Gasteiger partial charge on any atom is 0.417 e. The molecule has 1 saturated heterocycles. The van der Waals surface area contributed by atoms with E-state index in [1.807, 2.05) is 19.1 Å². The van der Waals surface area contributed by atoms with Crippen LogP contribution in [0.3, 0.4) is 0 Å². The van der Waals surface area contributed by atoms with Gasteiger partial charge in [0.1, 0.15) is 22.4 Å². The molecule has 37 heavy (non-hydrogen) atoms. The highest BCUT2D eigenvalue weighted by molar-refractivity contribution is 7.21. The third-order valence-corrected chi connectivity index (χ3v) is 6.86. The van der Waals surface area contributed by atoms with Crippen molar-refractivity contribution in [3.8, 4) is 0 Å². The lowest BCUT2D eigenvalue weighted by atomic mass is 10.1. The second-order valence-corrected chi connectivity index (χ2v) is 9.41. The monoisotopic (exact) mass is 525 g/mol. The number of benzene rings is 1. The van der Waals surface area contributed by atoms with E-state index in [-0.39, 0.29) is 43.2 Å². The number of thiophene rings is 1. The molecule has 1 atom stereocenters. The number of rotatable bonds is 8. The predicted octanol–water partition coefficient (Wildman–Crippen LogP) is 4.19. The first-order valence-electron chi connectivity index (χ1n) is 11.8. The molecule has 3 aromatic rings. The molecule has 0 radical (unpaired) electrons. The van der Waals surface area contributed by atoms with Crippen LogP contribution in [0.4, 0.5) is 10.5 Å². The summed E-state index contributed by atoms with van der Waals surface area (Å²) in [5.41, 5.74) is 2.43. The van der Waals surface area contributed by atoms with Crippen molar-refractivity contribution in [2.75, 3.05) is 19.0 Å². The quantitative estimate of drug-likeness (QED) is 0.434. The molecular formula is C26H27N3O7S. The van der Waals surface area contributed by atoms with E-state index in [2.05, 4.69) is 10.3 Å². The third-order valence-electron chi connectivity index (χ3n) is 5.80. The summed E-state index contributed by atoms with van der Waals surface area (Å²) in [6.07, 6.45) is -0.752. The molecule has 1 aromatic carbocycles. The third kappa shape index (κ3) is 5.62. The van der Waals surface area contributed by atoms with Crippen LogP contribution in [0.25, 0.3) is 10.2 Å². The standard InChI is InChI=1S/C26H27N3O7S/c1-4-35-25(32)22-21(20-17(14-34-3)12-15(2)27-24(20)37-22)28-23(31)18-10-11-19(30)29(18)26(33)36-13-16-8-6-5-7-9-16/h5-9,12,18H,4,10-11,13-14H2,1-3H3,(H,28,31)/t18-/m0/s1. The van der Waals surface area contributed by atoms with Crippen molar-refractivity contribution in [1.82, 2.24) is 9.88 Å². The fraction of sp³-hybridized carbons (Fsp3) is 0.346. The summed E-state index contributed by atoms with van der Waals surface area (Å²) in [6.45, 7) is 3.85. The molecule has 11 heteroatoms. The summed E-state index contributed by atoms with van der Waals surface area (Å²) in [5.74, 6) is -1.73. The van der Waals surface area contributed by atoms with E-state index in [0.717, 1.165) is 33.1 Å². The average molecular weight is 526 g/mol. The van der Waals surface area contributed by atoms with Gasteiger partial charge >= 0.3 is 12.1 Å². The van der Waals surface area contributed by atoms with Crippen LogP contribution < -0.4 is 5.32 Å². The molecule has 1 fully saturated rings. The number of hydrogen-bond donors (Lipinski definition) is 1. The lowest BCUT2D eigenvalue weighted by molar-refractivity contribution is -0.131. The second-order valence-electron chi connectivity index (χ2n) is 8.41. The van der Waals surface area contributed by atoms with Crippen LogP contribution in [0.1, 0.15) is 46.3 Å². The second kappa shape index (κ2) is 11.5. The SMILES string of the molecule is CCOC(=O)c1sc2nc(C)cc(COC)c2c1NC(=O)[C@@H]1CCC(=O)N1C(=O)OCc1ccccc1. The first kappa shape index (κ1) is 26.2. The number of carbonyl (C=O) groups is 4. The lowest BCUT2D eigenvalue weighted by Gasteiger charge is -2.22. The highest BCUT2D eigenvalue weighted by atomic mass is 32.1. The van der Waals surface area contributed by atoms with Crippen LogP contribution in [0.15, 0.2) is 36.4 Å². The smallest absolute Gasteiger partial charge is 0.417 e. The maximum atomic E-state index is 13.4. The number of fused-ring (bicyclic) bond motifs is 1. The molecule has 2 aromatic heterocycles. The van der Waals surface area contributed by atoms with Gasteiger partial charge < -0.3 is 19.5 Å². The highest BCUT2D eigenvalue weighted by Crippen LogP contribution is 2.39. The minimum Gasteiger partial charge on any atom is -0.462 e. The van der Waals surface area contributed by atoms with E-state index < -0.39 is 29.9 Å². The highest BCUT2D eigenvalue weighted by Gasteiger charge is 2.42. The Morgan fingerprint density at radius 1 is 1.16 bits per heavy atom. The Kier molecular flexibility index (Phi) is 8.14. The number of esters is 1. The number of imide groups is 1. The van der Waals surface area contributed by atoms with Crippen molar-refractivity contribution in [3.63, 3.8) is 0 Å². The number of likely N-dealkylation sites (tertiary alicyclic amines) is 1. The number of hydrogen-bond acceptors (Lipinski definition) is 9. The number of aryl methyl sites for hydroxylation is 1. The van der Waals surface area contributed by atoms with E-state index >= 15 is 0 Å². The summed E-state index contributed by atoms with van der Waals surface area (Å²) in [7, 11) is 1.54. The Hall–Kier alpha value is -3.83. The van der Waals surface area contributed by atoms with Gasteiger partial charge in [0.25, 0.3) is 0 Å². The Labute approximate surface area is 217 Å². The van der Waals surface area contributed by atoms with E-state index in [1.165, 1.54) is 0 Å². The minimum absolute atomic E-state index is 0.0172. The van der Waals surface area contributed by atoms with Crippen LogP contribution in [0, 0.1) is 6.92 Å².